The molecule has 0 aliphatic carbocycles. The van der Waals surface area contributed by atoms with Crippen LogP contribution in [-0.2, 0) is 19.1 Å². The minimum Gasteiger partial charge on any atom is -0.457 e. The van der Waals surface area contributed by atoms with Gasteiger partial charge >= 0.3 is 11.9 Å². The maximum Gasteiger partial charge on any atom is 0.331 e. The molecule has 0 aromatic heterocycles. The van der Waals surface area contributed by atoms with Gasteiger partial charge in [-0.3, -0.25) is 0 Å². The van der Waals surface area contributed by atoms with Crippen LogP contribution in [0.1, 0.15) is 54.4 Å². The normalized spacial score (nSPS) is 12.6. The van der Waals surface area contributed by atoms with Crippen LogP contribution in [0.15, 0.2) is 12.2 Å². The molecule has 0 N–H and O–H groups in total. The molecule has 4 heteroatoms. The predicted octanol–water partition coefficient (Wildman–Crippen LogP) is 3.01. The molecule has 0 atom stereocenters. The van der Waals surface area contributed by atoms with Gasteiger partial charge in [0.1, 0.15) is 11.2 Å². The van der Waals surface area contributed by atoms with E-state index in [1.807, 2.05) is 41.5 Å². The fourth-order valence-corrected chi connectivity index (χ4v) is 0.893. The van der Waals surface area contributed by atoms with E-state index in [-0.39, 0.29) is 0 Å². The molecule has 104 valence electrons. The van der Waals surface area contributed by atoms with Gasteiger partial charge in [0.15, 0.2) is 0 Å². The van der Waals surface area contributed by atoms with Crippen LogP contribution >= 0.6 is 0 Å². The van der Waals surface area contributed by atoms with Crippen molar-refractivity contribution in [3.63, 3.8) is 0 Å². The maximum absolute atomic E-state index is 11.4. The number of rotatable bonds is 6. The van der Waals surface area contributed by atoms with Crippen molar-refractivity contribution in [1.82, 2.24) is 0 Å². The summed E-state index contributed by atoms with van der Waals surface area (Å²) in [5, 5.41) is 0. The molecule has 0 radical (unpaired) electrons. The van der Waals surface area contributed by atoms with Gasteiger partial charge in [0.05, 0.1) is 0 Å². The fraction of sp³-hybridized carbons (Fsp3) is 0.714. The quantitative estimate of drug-likeness (QED) is 0.541. The summed E-state index contributed by atoms with van der Waals surface area (Å²) in [7, 11) is 0. The van der Waals surface area contributed by atoms with Gasteiger partial charge in [-0.25, -0.2) is 9.59 Å². The Balaban J connectivity index is 4.32. The Bertz CT molecular complexity index is 295. The van der Waals surface area contributed by atoms with Gasteiger partial charge in [-0.2, -0.15) is 0 Å². The van der Waals surface area contributed by atoms with Crippen molar-refractivity contribution in [3.05, 3.63) is 12.2 Å². The van der Waals surface area contributed by atoms with Gasteiger partial charge in [-0.05, 0) is 40.5 Å². The van der Waals surface area contributed by atoms with E-state index in [0.29, 0.717) is 12.8 Å². The molecule has 0 saturated carbocycles. The molecular weight excluding hydrogens is 232 g/mol. The van der Waals surface area contributed by atoms with Gasteiger partial charge in [0.25, 0.3) is 0 Å². The Morgan fingerprint density at radius 3 is 1.33 bits per heavy atom. The van der Waals surface area contributed by atoms with Crippen LogP contribution in [0.2, 0.25) is 0 Å². The lowest BCUT2D eigenvalue weighted by Crippen LogP contribution is -2.27. The van der Waals surface area contributed by atoms with Gasteiger partial charge in [-0.15, -0.1) is 0 Å². The van der Waals surface area contributed by atoms with E-state index in [9.17, 15) is 9.59 Å². The SMILES string of the molecule is CCC(C)(C)OC(=O)/C=C/C(=O)OC(C)(C)CC. The number of hydrogen-bond acceptors (Lipinski definition) is 4. The van der Waals surface area contributed by atoms with Crippen molar-refractivity contribution in [3.8, 4) is 0 Å². The minimum absolute atomic E-state index is 0.520. The highest BCUT2D eigenvalue weighted by atomic mass is 16.6. The summed E-state index contributed by atoms with van der Waals surface area (Å²) >= 11 is 0. The molecule has 0 aliphatic rings. The largest absolute Gasteiger partial charge is 0.457 e. The van der Waals surface area contributed by atoms with E-state index in [4.69, 9.17) is 9.47 Å². The zero-order chi connectivity index (χ0) is 14.4. The first kappa shape index (κ1) is 16.7. The average molecular weight is 256 g/mol. The molecule has 0 amide bonds. The molecule has 0 bridgehead atoms. The second kappa shape index (κ2) is 6.57. The van der Waals surface area contributed by atoms with Crippen molar-refractivity contribution < 1.29 is 19.1 Å². The number of ether oxygens (including phenoxy) is 2. The third-order valence-electron chi connectivity index (χ3n) is 2.81. The Hall–Kier alpha value is -1.32. The molecular formula is C14H24O4. The summed E-state index contributed by atoms with van der Waals surface area (Å²) < 4.78 is 10.3. The number of carbonyl (C=O) groups is 2. The summed E-state index contributed by atoms with van der Waals surface area (Å²) in [5.74, 6) is -1.07. The van der Waals surface area contributed by atoms with Gasteiger partial charge in [0, 0.05) is 12.2 Å². The molecule has 0 aromatic rings. The Kier molecular flexibility index (Phi) is 6.09. The van der Waals surface area contributed by atoms with Crippen LogP contribution in [-0.4, -0.2) is 23.1 Å². The Labute approximate surface area is 109 Å². The van der Waals surface area contributed by atoms with Gasteiger partial charge < -0.3 is 9.47 Å². The molecule has 0 aliphatic heterocycles. The zero-order valence-corrected chi connectivity index (χ0v) is 12.2. The maximum atomic E-state index is 11.4. The molecule has 0 spiro atoms. The van der Waals surface area contributed by atoms with Crippen LogP contribution in [0.3, 0.4) is 0 Å². The topological polar surface area (TPSA) is 52.6 Å². The minimum atomic E-state index is -0.534. The van der Waals surface area contributed by atoms with Crippen LogP contribution in [0.4, 0.5) is 0 Å². The molecule has 0 aromatic carbocycles. The first-order valence-corrected chi connectivity index (χ1v) is 6.26. The molecule has 18 heavy (non-hydrogen) atoms. The number of hydrogen-bond donors (Lipinski definition) is 0. The van der Waals surface area contributed by atoms with E-state index < -0.39 is 23.1 Å². The molecule has 4 nitrogen and oxygen atoms in total. The highest BCUT2D eigenvalue weighted by molar-refractivity contribution is 5.91. The van der Waals surface area contributed by atoms with Crippen molar-refractivity contribution in [1.29, 1.82) is 0 Å². The highest BCUT2D eigenvalue weighted by Crippen LogP contribution is 2.15. The second-order valence-electron chi connectivity index (χ2n) is 5.40. The lowest BCUT2D eigenvalue weighted by Gasteiger charge is -2.23. The lowest BCUT2D eigenvalue weighted by molar-refractivity contribution is -0.153. The first-order valence-electron chi connectivity index (χ1n) is 6.26. The smallest absolute Gasteiger partial charge is 0.331 e. The average Bonchev–Trinajstić information content (AvgIpc) is 2.25. The van der Waals surface area contributed by atoms with Crippen LogP contribution in [0, 0.1) is 0 Å². The van der Waals surface area contributed by atoms with Crippen LogP contribution in [0.5, 0.6) is 0 Å². The summed E-state index contributed by atoms with van der Waals surface area (Å²) in [6.07, 6.45) is 3.62. The van der Waals surface area contributed by atoms with Gasteiger partial charge in [0.2, 0.25) is 0 Å². The van der Waals surface area contributed by atoms with E-state index in [1.54, 1.807) is 0 Å². The van der Waals surface area contributed by atoms with E-state index in [2.05, 4.69) is 0 Å². The zero-order valence-electron chi connectivity index (χ0n) is 12.2. The molecule has 0 saturated heterocycles. The number of esters is 2. The third-order valence-corrected chi connectivity index (χ3v) is 2.81. The number of carbonyl (C=O) groups excluding carboxylic acids is 2. The van der Waals surface area contributed by atoms with Crippen molar-refractivity contribution in [2.24, 2.45) is 0 Å². The van der Waals surface area contributed by atoms with E-state index in [0.717, 1.165) is 12.2 Å². The standard InChI is InChI=1S/C14H24O4/c1-7-13(3,4)17-11(15)9-10-12(16)18-14(5,6)8-2/h9-10H,7-8H2,1-6H3/b10-9+. The second-order valence-corrected chi connectivity index (χ2v) is 5.40. The van der Waals surface area contributed by atoms with E-state index >= 15 is 0 Å². The fourth-order valence-electron chi connectivity index (χ4n) is 0.893. The van der Waals surface area contributed by atoms with Crippen LogP contribution < -0.4 is 0 Å². The molecule has 0 unspecified atom stereocenters. The molecule has 0 rings (SSSR count). The third kappa shape index (κ3) is 7.09. The molecule has 0 fully saturated rings. The monoisotopic (exact) mass is 256 g/mol. The summed E-state index contributed by atoms with van der Waals surface area (Å²) in [6.45, 7) is 11.1. The highest BCUT2D eigenvalue weighted by Gasteiger charge is 2.20. The van der Waals surface area contributed by atoms with Crippen molar-refractivity contribution in [2.45, 2.75) is 65.6 Å². The van der Waals surface area contributed by atoms with Gasteiger partial charge in [-0.1, -0.05) is 13.8 Å². The summed E-state index contributed by atoms with van der Waals surface area (Å²) in [6, 6.07) is 0. The summed E-state index contributed by atoms with van der Waals surface area (Å²) in [4.78, 5) is 22.9. The lowest BCUT2D eigenvalue weighted by atomic mass is 10.1. The van der Waals surface area contributed by atoms with Crippen LogP contribution in [0.25, 0.3) is 0 Å². The van der Waals surface area contributed by atoms with E-state index in [1.165, 1.54) is 0 Å². The van der Waals surface area contributed by atoms with Crippen molar-refractivity contribution >= 4 is 11.9 Å². The Morgan fingerprint density at radius 1 is 0.833 bits per heavy atom. The predicted molar refractivity (Wildman–Crippen MR) is 70.1 cm³/mol. The summed E-state index contributed by atoms with van der Waals surface area (Å²) in [5.41, 5.74) is -1.04. The molecule has 0 heterocycles. The van der Waals surface area contributed by atoms with Crippen molar-refractivity contribution in [2.75, 3.05) is 0 Å². The first-order chi connectivity index (χ1) is 8.12. The Morgan fingerprint density at radius 2 is 1.11 bits per heavy atom.